The molecule has 0 aliphatic carbocycles. The molecule has 0 spiro atoms. The molecule has 1 unspecified atom stereocenters. The molecule has 3 aromatic rings. The molecule has 2 atom stereocenters. The zero-order chi connectivity index (χ0) is 20.3. The normalized spacial score (nSPS) is 13.0. The van der Waals surface area contributed by atoms with Gasteiger partial charge in [0.05, 0.1) is 29.6 Å². The lowest BCUT2D eigenvalue weighted by Gasteiger charge is -2.13. The number of hydrogen-bond donors (Lipinski definition) is 3. The Morgan fingerprint density at radius 3 is 2.82 bits per heavy atom. The van der Waals surface area contributed by atoms with Crippen LogP contribution < -0.4 is 5.32 Å². The second-order valence-corrected chi connectivity index (χ2v) is 7.65. The van der Waals surface area contributed by atoms with Crippen LogP contribution >= 0.6 is 22.6 Å². The molecular formula is C19H19IN6O2. The number of aromatic nitrogens is 4. The predicted octanol–water partition coefficient (Wildman–Crippen LogP) is 2.62. The van der Waals surface area contributed by atoms with Gasteiger partial charge in [0.2, 0.25) is 0 Å². The summed E-state index contributed by atoms with van der Waals surface area (Å²) in [5.74, 6) is -0.315. The van der Waals surface area contributed by atoms with Crippen molar-refractivity contribution < 1.29 is 9.90 Å². The second kappa shape index (κ2) is 8.53. The fourth-order valence-corrected chi connectivity index (χ4v) is 3.31. The highest BCUT2D eigenvalue weighted by Crippen LogP contribution is 2.22. The van der Waals surface area contributed by atoms with Gasteiger partial charge in [-0.1, -0.05) is 6.07 Å². The summed E-state index contributed by atoms with van der Waals surface area (Å²) in [5, 5.41) is 32.5. The molecule has 0 bridgehead atoms. The minimum Gasteiger partial charge on any atom is -0.387 e. The van der Waals surface area contributed by atoms with Gasteiger partial charge in [0, 0.05) is 21.4 Å². The molecule has 0 radical (unpaired) electrons. The highest BCUT2D eigenvalue weighted by Gasteiger charge is 2.16. The number of hydrogen-bond acceptors (Lipinski definition) is 5. The predicted molar refractivity (Wildman–Crippen MR) is 111 cm³/mol. The van der Waals surface area contributed by atoms with Crippen LogP contribution in [0.1, 0.15) is 41.7 Å². The lowest BCUT2D eigenvalue weighted by molar-refractivity contribution is 0.0931. The van der Waals surface area contributed by atoms with Crippen LogP contribution in [0.4, 0.5) is 0 Å². The first-order valence-corrected chi connectivity index (χ1v) is 9.73. The number of aromatic amines is 1. The molecule has 8 nitrogen and oxygen atoms in total. The van der Waals surface area contributed by atoms with E-state index in [0.717, 1.165) is 14.8 Å². The van der Waals surface area contributed by atoms with Crippen LogP contribution in [0.5, 0.6) is 0 Å². The van der Waals surface area contributed by atoms with Gasteiger partial charge in [0.25, 0.3) is 5.91 Å². The van der Waals surface area contributed by atoms with Crippen LogP contribution in [0.3, 0.4) is 0 Å². The number of nitrogens with one attached hydrogen (secondary N) is 2. The number of rotatable bonds is 6. The van der Waals surface area contributed by atoms with Crippen molar-refractivity contribution in [1.82, 2.24) is 25.3 Å². The molecule has 1 aromatic carbocycles. The first kappa shape index (κ1) is 20.0. The van der Waals surface area contributed by atoms with Crippen LogP contribution in [0.25, 0.3) is 11.3 Å². The van der Waals surface area contributed by atoms with E-state index >= 15 is 0 Å². The van der Waals surface area contributed by atoms with E-state index in [2.05, 4.69) is 49.3 Å². The molecule has 1 amide bonds. The highest BCUT2D eigenvalue weighted by molar-refractivity contribution is 14.1. The quantitative estimate of drug-likeness (QED) is 0.459. The smallest absolute Gasteiger partial charge is 0.272 e. The minimum absolute atomic E-state index is 0.173. The van der Waals surface area contributed by atoms with Crippen molar-refractivity contribution in [3.05, 3.63) is 57.1 Å². The van der Waals surface area contributed by atoms with Crippen LogP contribution in [-0.2, 0) is 6.54 Å². The molecule has 144 valence electrons. The maximum Gasteiger partial charge on any atom is 0.272 e. The van der Waals surface area contributed by atoms with E-state index in [0.29, 0.717) is 17.8 Å². The molecule has 2 aromatic heterocycles. The van der Waals surface area contributed by atoms with Gasteiger partial charge in [0.1, 0.15) is 11.8 Å². The molecule has 28 heavy (non-hydrogen) atoms. The van der Waals surface area contributed by atoms with E-state index in [4.69, 9.17) is 5.26 Å². The standard InChI is InChI=1S/C19H19IN6O2/c1-11(22-19(28)18-8-17(12(2)27)23-24-18)10-26-6-5-16(25-26)13-3-4-14(9-21)15(20)7-13/h3-8,11-12,27H,10H2,1-2H3,(H,22,28)(H,23,24)/t11-,12?/m0/s1. The fraction of sp³-hybridized carbons (Fsp3) is 0.263. The van der Waals surface area contributed by atoms with Gasteiger partial charge in [-0.3, -0.25) is 14.6 Å². The molecule has 3 rings (SSSR count). The number of nitriles is 1. The molecule has 0 aliphatic rings. The summed E-state index contributed by atoms with van der Waals surface area (Å²) >= 11 is 2.14. The Morgan fingerprint density at radius 1 is 1.39 bits per heavy atom. The Hall–Kier alpha value is -2.71. The van der Waals surface area contributed by atoms with Crippen molar-refractivity contribution in [2.45, 2.75) is 32.5 Å². The van der Waals surface area contributed by atoms with E-state index < -0.39 is 6.10 Å². The number of H-pyrrole nitrogens is 1. The number of halogens is 1. The largest absolute Gasteiger partial charge is 0.387 e. The summed E-state index contributed by atoms with van der Waals surface area (Å²) in [7, 11) is 0. The van der Waals surface area contributed by atoms with Gasteiger partial charge in [-0.2, -0.15) is 15.5 Å². The maximum absolute atomic E-state index is 12.3. The Balaban J connectivity index is 1.63. The minimum atomic E-state index is -0.709. The third-order valence-corrected chi connectivity index (χ3v) is 5.04. The molecule has 2 heterocycles. The Kier molecular flexibility index (Phi) is 6.11. The van der Waals surface area contributed by atoms with E-state index in [9.17, 15) is 9.90 Å². The molecule has 0 fully saturated rings. The van der Waals surface area contributed by atoms with Crippen LogP contribution in [0.2, 0.25) is 0 Å². The molecule has 3 N–H and O–H groups in total. The average molecular weight is 490 g/mol. The summed E-state index contributed by atoms with van der Waals surface area (Å²) in [6.45, 7) is 3.97. The average Bonchev–Trinajstić information content (AvgIpc) is 3.31. The van der Waals surface area contributed by atoms with Crippen molar-refractivity contribution in [3.63, 3.8) is 0 Å². The van der Waals surface area contributed by atoms with Crippen LogP contribution in [-0.4, -0.2) is 37.0 Å². The number of amides is 1. The summed E-state index contributed by atoms with van der Waals surface area (Å²) in [6.07, 6.45) is 1.14. The first-order chi connectivity index (χ1) is 13.4. The van der Waals surface area contributed by atoms with Gasteiger partial charge < -0.3 is 10.4 Å². The van der Waals surface area contributed by atoms with Crippen LogP contribution in [0.15, 0.2) is 36.5 Å². The molecule has 0 aliphatic heterocycles. The maximum atomic E-state index is 12.3. The van der Waals surface area contributed by atoms with Gasteiger partial charge in [0.15, 0.2) is 0 Å². The van der Waals surface area contributed by atoms with E-state index in [-0.39, 0.29) is 17.6 Å². The third kappa shape index (κ3) is 4.58. The summed E-state index contributed by atoms with van der Waals surface area (Å²) < 4.78 is 2.64. The lowest BCUT2D eigenvalue weighted by Crippen LogP contribution is -2.36. The van der Waals surface area contributed by atoms with Crippen molar-refractivity contribution in [3.8, 4) is 17.3 Å². The van der Waals surface area contributed by atoms with Gasteiger partial charge >= 0.3 is 0 Å². The number of nitrogens with zero attached hydrogens (tertiary/aromatic N) is 4. The van der Waals surface area contributed by atoms with Crippen molar-refractivity contribution in [2.75, 3.05) is 0 Å². The molecular weight excluding hydrogens is 471 g/mol. The van der Waals surface area contributed by atoms with Crippen molar-refractivity contribution in [2.24, 2.45) is 0 Å². The molecule has 0 saturated carbocycles. The monoisotopic (exact) mass is 490 g/mol. The Labute approximate surface area is 175 Å². The number of benzene rings is 1. The van der Waals surface area contributed by atoms with E-state index in [1.54, 1.807) is 17.7 Å². The van der Waals surface area contributed by atoms with Gasteiger partial charge in [-0.05, 0) is 60.7 Å². The number of aliphatic hydroxyl groups is 1. The number of carbonyl (C=O) groups is 1. The number of carbonyl (C=O) groups excluding carboxylic acids is 1. The lowest BCUT2D eigenvalue weighted by atomic mass is 10.1. The topological polar surface area (TPSA) is 120 Å². The Bertz CT molecular complexity index is 1030. The molecule has 0 saturated heterocycles. The summed E-state index contributed by atoms with van der Waals surface area (Å²) in [4.78, 5) is 12.3. The number of aliphatic hydroxyl groups excluding tert-OH is 1. The first-order valence-electron chi connectivity index (χ1n) is 8.65. The Morgan fingerprint density at radius 2 is 2.18 bits per heavy atom. The molecule has 9 heteroatoms. The fourth-order valence-electron chi connectivity index (χ4n) is 2.67. The van der Waals surface area contributed by atoms with E-state index in [1.165, 1.54) is 6.07 Å². The van der Waals surface area contributed by atoms with Crippen molar-refractivity contribution >= 4 is 28.5 Å². The summed E-state index contributed by atoms with van der Waals surface area (Å²) in [5.41, 5.74) is 3.09. The second-order valence-electron chi connectivity index (χ2n) is 6.49. The third-order valence-electron chi connectivity index (χ3n) is 4.14. The van der Waals surface area contributed by atoms with Gasteiger partial charge in [-0.25, -0.2) is 0 Å². The van der Waals surface area contributed by atoms with E-state index in [1.807, 2.05) is 31.3 Å². The zero-order valence-corrected chi connectivity index (χ0v) is 17.5. The summed E-state index contributed by atoms with van der Waals surface area (Å²) in [6, 6.07) is 11.0. The zero-order valence-electron chi connectivity index (χ0n) is 15.3. The van der Waals surface area contributed by atoms with Crippen LogP contribution in [0, 0.1) is 14.9 Å². The van der Waals surface area contributed by atoms with Crippen molar-refractivity contribution in [1.29, 1.82) is 5.26 Å². The SMILES string of the molecule is CC(O)c1cc(C(=O)N[C@@H](C)Cn2ccc(-c3ccc(C#N)c(I)c3)n2)n[nH]1. The van der Waals surface area contributed by atoms with Gasteiger partial charge in [-0.15, -0.1) is 0 Å². The highest BCUT2D eigenvalue weighted by atomic mass is 127.